The van der Waals surface area contributed by atoms with E-state index in [-0.39, 0.29) is 29.7 Å². The number of nitrogens with zero attached hydrogens (tertiary/aromatic N) is 1. The van der Waals surface area contributed by atoms with Crippen molar-refractivity contribution in [2.24, 2.45) is 5.92 Å². The first kappa shape index (κ1) is 15.0. The molecule has 1 saturated carbocycles. The van der Waals surface area contributed by atoms with Gasteiger partial charge in [-0.15, -0.1) is 0 Å². The molecule has 1 aromatic carbocycles. The van der Waals surface area contributed by atoms with Gasteiger partial charge in [-0.05, 0) is 25.0 Å². The predicted octanol–water partition coefficient (Wildman–Crippen LogP) is 3.89. The van der Waals surface area contributed by atoms with Crippen molar-refractivity contribution < 1.29 is 14.5 Å². The fraction of sp³-hybridized carbons (Fsp3) is 0.500. The number of nitro benzene ring substituents is 1. The average Bonchev–Trinajstić information content (AvgIpc) is 2.46. The summed E-state index contributed by atoms with van der Waals surface area (Å²) in [4.78, 5) is 22.4. The Morgan fingerprint density at radius 3 is 2.70 bits per heavy atom. The minimum Gasteiger partial charge on any atom is -0.479 e. The van der Waals surface area contributed by atoms with Crippen molar-refractivity contribution in [3.8, 4) is 5.75 Å². The third-order valence-corrected chi connectivity index (χ3v) is 4.04. The molecule has 2 rings (SSSR count). The number of rotatable bonds is 5. The van der Waals surface area contributed by atoms with E-state index in [0.717, 1.165) is 25.7 Å². The Morgan fingerprint density at radius 1 is 1.35 bits per heavy atom. The van der Waals surface area contributed by atoms with Gasteiger partial charge in [0.15, 0.2) is 11.5 Å². The number of Topliss-reactive ketones (excluding diaryl/α,β-unsaturated/α-hetero) is 1. The van der Waals surface area contributed by atoms with E-state index in [1.165, 1.54) is 18.6 Å². The zero-order chi connectivity index (χ0) is 14.5. The highest BCUT2D eigenvalue weighted by molar-refractivity contribution is 9.10. The number of ketones is 1. The van der Waals surface area contributed by atoms with E-state index in [9.17, 15) is 14.9 Å². The van der Waals surface area contributed by atoms with E-state index in [1.807, 2.05) is 0 Å². The van der Waals surface area contributed by atoms with Crippen molar-refractivity contribution in [1.82, 2.24) is 0 Å². The molecule has 0 atom stereocenters. The van der Waals surface area contributed by atoms with Crippen LogP contribution in [0.2, 0.25) is 0 Å². The van der Waals surface area contributed by atoms with Crippen molar-refractivity contribution >= 4 is 27.4 Å². The van der Waals surface area contributed by atoms with Gasteiger partial charge in [0.05, 0.1) is 4.92 Å². The smallest absolute Gasteiger partial charge is 0.312 e. The van der Waals surface area contributed by atoms with Crippen LogP contribution < -0.4 is 4.74 Å². The molecule has 0 heterocycles. The lowest BCUT2D eigenvalue weighted by atomic mass is 9.86. The molecule has 1 fully saturated rings. The van der Waals surface area contributed by atoms with Gasteiger partial charge >= 0.3 is 5.69 Å². The van der Waals surface area contributed by atoms with E-state index in [4.69, 9.17) is 4.74 Å². The molecule has 5 nitrogen and oxygen atoms in total. The van der Waals surface area contributed by atoms with Crippen LogP contribution in [0.3, 0.4) is 0 Å². The second-order valence-corrected chi connectivity index (χ2v) is 5.87. The highest BCUT2D eigenvalue weighted by Gasteiger charge is 2.23. The Kier molecular flexibility index (Phi) is 5.11. The fourth-order valence-electron chi connectivity index (χ4n) is 2.45. The average molecular weight is 342 g/mol. The predicted molar refractivity (Wildman–Crippen MR) is 77.9 cm³/mol. The summed E-state index contributed by atoms with van der Waals surface area (Å²) in [6.07, 6.45) is 5.15. The van der Waals surface area contributed by atoms with Crippen molar-refractivity contribution in [2.45, 2.75) is 32.1 Å². The van der Waals surface area contributed by atoms with Crippen molar-refractivity contribution in [1.29, 1.82) is 0 Å². The Labute approximate surface area is 125 Å². The highest BCUT2D eigenvalue weighted by atomic mass is 79.9. The van der Waals surface area contributed by atoms with Crippen LogP contribution >= 0.6 is 15.9 Å². The molecule has 0 saturated heterocycles. The van der Waals surface area contributed by atoms with Crippen LogP contribution in [0.1, 0.15) is 32.1 Å². The topological polar surface area (TPSA) is 69.4 Å². The second kappa shape index (κ2) is 6.83. The normalized spacial score (nSPS) is 15.8. The standard InChI is InChI=1S/C14H16BrNO4/c15-11-6-7-14(12(8-11)16(18)19)20-9-13(17)10-4-2-1-3-5-10/h6-8,10H,1-5,9H2. The zero-order valence-electron chi connectivity index (χ0n) is 11.0. The molecule has 1 aromatic rings. The molecule has 0 radical (unpaired) electrons. The first-order valence-electron chi connectivity index (χ1n) is 6.67. The van der Waals surface area contributed by atoms with Crippen molar-refractivity contribution in [3.63, 3.8) is 0 Å². The lowest BCUT2D eigenvalue weighted by Gasteiger charge is -2.20. The van der Waals surface area contributed by atoms with Crippen LogP contribution in [-0.4, -0.2) is 17.3 Å². The van der Waals surface area contributed by atoms with Gasteiger partial charge in [-0.1, -0.05) is 35.2 Å². The quantitative estimate of drug-likeness (QED) is 0.601. The Morgan fingerprint density at radius 2 is 2.05 bits per heavy atom. The molecular formula is C14H16BrNO4. The van der Waals surface area contributed by atoms with Gasteiger partial charge in [-0.3, -0.25) is 14.9 Å². The van der Waals surface area contributed by atoms with Crippen LogP contribution in [0.5, 0.6) is 5.75 Å². The Balaban J connectivity index is 1.99. The monoisotopic (exact) mass is 341 g/mol. The Bertz CT molecular complexity index is 512. The maximum Gasteiger partial charge on any atom is 0.312 e. The molecule has 0 spiro atoms. The molecule has 20 heavy (non-hydrogen) atoms. The molecule has 6 heteroatoms. The van der Waals surface area contributed by atoms with Gasteiger partial charge in [-0.25, -0.2) is 0 Å². The van der Waals surface area contributed by atoms with Crippen molar-refractivity contribution in [2.75, 3.05) is 6.61 Å². The number of carbonyl (C=O) groups excluding carboxylic acids is 1. The molecule has 0 unspecified atom stereocenters. The summed E-state index contributed by atoms with van der Waals surface area (Å²) >= 11 is 3.18. The van der Waals surface area contributed by atoms with Crippen LogP contribution in [0.15, 0.2) is 22.7 Å². The van der Waals surface area contributed by atoms with Gasteiger partial charge < -0.3 is 4.74 Å². The minimum atomic E-state index is -0.509. The minimum absolute atomic E-state index is 0.0434. The first-order chi connectivity index (χ1) is 9.58. The summed E-state index contributed by atoms with van der Waals surface area (Å²) in [5.74, 6) is 0.238. The molecule has 1 aliphatic rings. The second-order valence-electron chi connectivity index (χ2n) is 4.96. The molecule has 1 aliphatic carbocycles. The molecular weight excluding hydrogens is 326 g/mol. The lowest BCUT2D eigenvalue weighted by Crippen LogP contribution is -2.23. The maximum absolute atomic E-state index is 12.0. The number of hydrogen-bond acceptors (Lipinski definition) is 4. The van der Waals surface area contributed by atoms with Crippen LogP contribution in [0, 0.1) is 16.0 Å². The van der Waals surface area contributed by atoms with E-state index in [2.05, 4.69) is 15.9 Å². The van der Waals surface area contributed by atoms with E-state index >= 15 is 0 Å². The molecule has 108 valence electrons. The number of benzene rings is 1. The van der Waals surface area contributed by atoms with Gasteiger partial charge in [-0.2, -0.15) is 0 Å². The molecule has 0 aromatic heterocycles. The van der Waals surface area contributed by atoms with Gasteiger partial charge in [0.2, 0.25) is 0 Å². The third kappa shape index (κ3) is 3.79. The van der Waals surface area contributed by atoms with Gasteiger partial charge in [0.25, 0.3) is 0 Å². The number of carbonyl (C=O) groups is 1. The number of hydrogen-bond donors (Lipinski definition) is 0. The first-order valence-corrected chi connectivity index (χ1v) is 7.46. The summed E-state index contributed by atoms with van der Waals surface area (Å²) in [5.41, 5.74) is -0.129. The number of nitro groups is 1. The molecule has 0 aliphatic heterocycles. The number of ether oxygens (including phenoxy) is 1. The molecule has 0 N–H and O–H groups in total. The summed E-state index contributed by atoms with van der Waals surface area (Å²) in [6.45, 7) is -0.0901. The van der Waals surface area contributed by atoms with Crippen LogP contribution in [0.4, 0.5) is 5.69 Å². The zero-order valence-corrected chi connectivity index (χ0v) is 12.6. The lowest BCUT2D eigenvalue weighted by molar-refractivity contribution is -0.385. The van der Waals surface area contributed by atoms with E-state index in [0.29, 0.717) is 4.47 Å². The largest absolute Gasteiger partial charge is 0.479 e. The molecule has 0 bridgehead atoms. The van der Waals surface area contributed by atoms with Crippen LogP contribution in [-0.2, 0) is 4.79 Å². The van der Waals surface area contributed by atoms with E-state index < -0.39 is 4.92 Å². The molecule has 0 amide bonds. The SMILES string of the molecule is O=C(COc1ccc(Br)cc1[N+](=O)[O-])C1CCCCC1. The summed E-state index contributed by atoms with van der Waals surface area (Å²) < 4.78 is 5.96. The fourth-order valence-corrected chi connectivity index (χ4v) is 2.80. The van der Waals surface area contributed by atoms with Gasteiger partial charge in [0, 0.05) is 16.5 Å². The van der Waals surface area contributed by atoms with Gasteiger partial charge in [0.1, 0.15) is 6.61 Å². The van der Waals surface area contributed by atoms with Crippen molar-refractivity contribution in [3.05, 3.63) is 32.8 Å². The number of halogens is 1. The summed E-state index contributed by atoms with van der Waals surface area (Å²) in [7, 11) is 0. The highest BCUT2D eigenvalue weighted by Crippen LogP contribution is 2.30. The third-order valence-electron chi connectivity index (χ3n) is 3.55. The van der Waals surface area contributed by atoms with E-state index in [1.54, 1.807) is 6.07 Å². The maximum atomic E-state index is 12.0. The summed E-state index contributed by atoms with van der Waals surface area (Å²) in [5, 5.41) is 10.9. The Hall–Kier alpha value is -1.43. The summed E-state index contributed by atoms with van der Waals surface area (Å²) in [6, 6.07) is 4.55. The van der Waals surface area contributed by atoms with Crippen LogP contribution in [0.25, 0.3) is 0 Å².